The zero-order valence-corrected chi connectivity index (χ0v) is 10.3. The first-order valence-electron chi connectivity index (χ1n) is 6.20. The van der Waals surface area contributed by atoms with Crippen molar-refractivity contribution in [3.05, 3.63) is 0 Å². The number of rotatable bonds is 11. The molecule has 0 saturated heterocycles. The van der Waals surface area contributed by atoms with Gasteiger partial charge >= 0.3 is 0 Å². The Kier molecular flexibility index (Phi) is 11.9. The van der Waals surface area contributed by atoms with E-state index in [2.05, 4.69) is 0 Å². The van der Waals surface area contributed by atoms with Crippen LogP contribution < -0.4 is 5.73 Å². The molecule has 0 rings (SSSR count). The lowest BCUT2D eigenvalue weighted by Crippen LogP contribution is -2.15. The Labute approximate surface area is 94.3 Å². The van der Waals surface area contributed by atoms with Gasteiger partial charge in [0.15, 0.2) is 0 Å². The molecule has 0 fully saturated rings. The van der Waals surface area contributed by atoms with Crippen LogP contribution in [0.1, 0.15) is 39.5 Å². The summed E-state index contributed by atoms with van der Waals surface area (Å²) in [5, 5.41) is 0. The van der Waals surface area contributed by atoms with Gasteiger partial charge in [-0.05, 0) is 52.0 Å². The van der Waals surface area contributed by atoms with Gasteiger partial charge in [0.2, 0.25) is 0 Å². The monoisotopic (exact) mass is 217 g/mol. The minimum atomic E-state index is 0.644. The Balaban J connectivity index is 3.29. The minimum absolute atomic E-state index is 0.644. The molecule has 2 N–H and O–H groups in total. The van der Waals surface area contributed by atoms with E-state index >= 15 is 0 Å². The standard InChI is InChI=1S/C12H27NO2/c1-3-14-9-5-7-12(11-13)8-6-10-15-4-2/h12H,3-11,13H2,1-2H3. The summed E-state index contributed by atoms with van der Waals surface area (Å²) in [5.41, 5.74) is 5.72. The molecular formula is C12H27NO2. The van der Waals surface area contributed by atoms with Gasteiger partial charge in [0.25, 0.3) is 0 Å². The maximum atomic E-state index is 5.72. The predicted octanol–water partition coefficient (Wildman–Crippen LogP) is 2.19. The maximum absolute atomic E-state index is 5.72. The molecule has 0 atom stereocenters. The maximum Gasteiger partial charge on any atom is 0.0466 e. The molecular weight excluding hydrogens is 190 g/mol. The van der Waals surface area contributed by atoms with Crippen LogP contribution in [0.15, 0.2) is 0 Å². The molecule has 92 valence electrons. The third kappa shape index (κ3) is 10.2. The van der Waals surface area contributed by atoms with Crippen molar-refractivity contribution in [2.45, 2.75) is 39.5 Å². The van der Waals surface area contributed by atoms with Crippen molar-refractivity contribution in [3.63, 3.8) is 0 Å². The van der Waals surface area contributed by atoms with Crippen molar-refractivity contribution in [2.75, 3.05) is 33.0 Å². The van der Waals surface area contributed by atoms with E-state index in [-0.39, 0.29) is 0 Å². The zero-order chi connectivity index (χ0) is 11.4. The smallest absolute Gasteiger partial charge is 0.0466 e. The topological polar surface area (TPSA) is 44.5 Å². The molecule has 0 bridgehead atoms. The fraction of sp³-hybridized carbons (Fsp3) is 1.00. The molecule has 0 aliphatic heterocycles. The fourth-order valence-corrected chi connectivity index (χ4v) is 1.62. The molecule has 0 aliphatic carbocycles. The normalized spacial score (nSPS) is 11.2. The first kappa shape index (κ1) is 14.9. The molecule has 0 unspecified atom stereocenters. The van der Waals surface area contributed by atoms with E-state index in [1.165, 1.54) is 12.8 Å². The number of ether oxygens (including phenoxy) is 2. The summed E-state index contributed by atoms with van der Waals surface area (Å²) in [6.45, 7) is 8.23. The van der Waals surface area contributed by atoms with Crippen LogP contribution in [0, 0.1) is 5.92 Å². The molecule has 15 heavy (non-hydrogen) atoms. The molecule has 0 aliphatic rings. The third-order valence-electron chi connectivity index (χ3n) is 2.54. The van der Waals surface area contributed by atoms with Crippen LogP contribution in [0.4, 0.5) is 0 Å². The molecule has 0 aromatic rings. The van der Waals surface area contributed by atoms with Gasteiger partial charge in [-0.25, -0.2) is 0 Å². The van der Waals surface area contributed by atoms with Gasteiger partial charge in [-0.1, -0.05) is 0 Å². The van der Waals surface area contributed by atoms with Crippen LogP contribution in [0.2, 0.25) is 0 Å². The van der Waals surface area contributed by atoms with Crippen molar-refractivity contribution in [1.29, 1.82) is 0 Å². The van der Waals surface area contributed by atoms with Gasteiger partial charge in [0.05, 0.1) is 0 Å². The molecule has 0 heterocycles. The second-order valence-electron chi connectivity index (χ2n) is 3.78. The first-order chi connectivity index (χ1) is 7.35. The van der Waals surface area contributed by atoms with Gasteiger partial charge in [-0.15, -0.1) is 0 Å². The number of hydrogen-bond acceptors (Lipinski definition) is 3. The molecule has 3 heteroatoms. The van der Waals surface area contributed by atoms with Crippen molar-refractivity contribution < 1.29 is 9.47 Å². The van der Waals surface area contributed by atoms with Gasteiger partial charge < -0.3 is 15.2 Å². The summed E-state index contributed by atoms with van der Waals surface area (Å²) in [6, 6.07) is 0. The lowest BCUT2D eigenvalue weighted by Gasteiger charge is -2.14. The molecule has 0 spiro atoms. The largest absolute Gasteiger partial charge is 0.382 e. The van der Waals surface area contributed by atoms with E-state index < -0.39 is 0 Å². The second kappa shape index (κ2) is 12.0. The minimum Gasteiger partial charge on any atom is -0.382 e. The van der Waals surface area contributed by atoms with Gasteiger partial charge in [0, 0.05) is 26.4 Å². The Morgan fingerprint density at radius 3 is 1.73 bits per heavy atom. The number of nitrogens with two attached hydrogens (primary N) is 1. The van der Waals surface area contributed by atoms with Crippen LogP contribution in [0.25, 0.3) is 0 Å². The van der Waals surface area contributed by atoms with E-state index in [9.17, 15) is 0 Å². The summed E-state index contributed by atoms with van der Waals surface area (Å²) in [7, 11) is 0. The van der Waals surface area contributed by atoms with Crippen molar-refractivity contribution >= 4 is 0 Å². The second-order valence-corrected chi connectivity index (χ2v) is 3.78. The van der Waals surface area contributed by atoms with Gasteiger partial charge in [0.1, 0.15) is 0 Å². The Bertz CT molecular complexity index is 108. The van der Waals surface area contributed by atoms with Crippen LogP contribution in [-0.2, 0) is 9.47 Å². The van der Waals surface area contributed by atoms with E-state index in [1.807, 2.05) is 13.8 Å². The van der Waals surface area contributed by atoms with Crippen LogP contribution in [0.5, 0.6) is 0 Å². The average molecular weight is 217 g/mol. The Hall–Kier alpha value is -0.120. The van der Waals surface area contributed by atoms with Gasteiger partial charge in [-0.3, -0.25) is 0 Å². The van der Waals surface area contributed by atoms with E-state index in [0.29, 0.717) is 5.92 Å². The fourth-order valence-electron chi connectivity index (χ4n) is 1.62. The highest BCUT2D eigenvalue weighted by molar-refractivity contribution is 4.60. The van der Waals surface area contributed by atoms with E-state index in [0.717, 1.165) is 45.8 Å². The third-order valence-corrected chi connectivity index (χ3v) is 2.54. The molecule has 3 nitrogen and oxygen atoms in total. The van der Waals surface area contributed by atoms with E-state index in [1.54, 1.807) is 0 Å². The lowest BCUT2D eigenvalue weighted by atomic mass is 9.98. The SMILES string of the molecule is CCOCCCC(CN)CCCOCC. The van der Waals surface area contributed by atoms with E-state index in [4.69, 9.17) is 15.2 Å². The summed E-state index contributed by atoms with van der Waals surface area (Å²) >= 11 is 0. The van der Waals surface area contributed by atoms with Crippen molar-refractivity contribution in [2.24, 2.45) is 11.7 Å². The first-order valence-corrected chi connectivity index (χ1v) is 6.20. The molecule has 0 amide bonds. The zero-order valence-electron chi connectivity index (χ0n) is 10.3. The van der Waals surface area contributed by atoms with Crippen LogP contribution in [-0.4, -0.2) is 33.0 Å². The highest BCUT2D eigenvalue weighted by Gasteiger charge is 2.05. The Morgan fingerprint density at radius 1 is 0.933 bits per heavy atom. The van der Waals surface area contributed by atoms with Crippen LogP contribution >= 0.6 is 0 Å². The lowest BCUT2D eigenvalue weighted by molar-refractivity contribution is 0.131. The van der Waals surface area contributed by atoms with Gasteiger partial charge in [-0.2, -0.15) is 0 Å². The highest BCUT2D eigenvalue weighted by Crippen LogP contribution is 2.12. The Morgan fingerprint density at radius 2 is 1.40 bits per heavy atom. The summed E-state index contributed by atoms with van der Waals surface area (Å²) in [4.78, 5) is 0. The van der Waals surface area contributed by atoms with Crippen LogP contribution in [0.3, 0.4) is 0 Å². The average Bonchev–Trinajstić information content (AvgIpc) is 2.27. The quantitative estimate of drug-likeness (QED) is 0.540. The molecule has 0 aromatic carbocycles. The summed E-state index contributed by atoms with van der Waals surface area (Å²) in [5.74, 6) is 0.644. The molecule has 0 radical (unpaired) electrons. The number of hydrogen-bond donors (Lipinski definition) is 1. The molecule has 0 saturated carbocycles. The predicted molar refractivity (Wildman–Crippen MR) is 64.0 cm³/mol. The molecule has 0 aromatic heterocycles. The summed E-state index contributed by atoms with van der Waals surface area (Å²) in [6.07, 6.45) is 4.62. The summed E-state index contributed by atoms with van der Waals surface area (Å²) < 4.78 is 10.6. The van der Waals surface area contributed by atoms with Crippen molar-refractivity contribution in [1.82, 2.24) is 0 Å². The van der Waals surface area contributed by atoms with Crippen molar-refractivity contribution in [3.8, 4) is 0 Å². The highest BCUT2D eigenvalue weighted by atomic mass is 16.5.